The maximum absolute atomic E-state index is 17.7. The lowest BCUT2D eigenvalue weighted by atomic mass is 9.44. The van der Waals surface area contributed by atoms with Crippen molar-refractivity contribution in [1.82, 2.24) is 0 Å². The van der Waals surface area contributed by atoms with Crippen LogP contribution in [0.15, 0.2) is 72.3 Å². The number of aliphatic hydroxyl groups excluding tert-OH is 2. The van der Waals surface area contributed by atoms with Crippen LogP contribution in [0.5, 0.6) is 0 Å². The summed E-state index contributed by atoms with van der Waals surface area (Å²) in [7, 11) is 0. The third-order valence-electron chi connectivity index (χ3n) is 13.4. The maximum Gasteiger partial charge on any atom is 0.227 e. The van der Waals surface area contributed by atoms with Crippen LogP contribution in [0, 0.1) is 34.5 Å². The molecule has 0 bridgehead atoms. The predicted octanol–water partition coefficient (Wildman–Crippen LogP) is 6.11. The molecular formula is C43H49F2NO8. The molecule has 1 amide bonds. The number of ether oxygens (including phenoxy) is 2. The van der Waals surface area contributed by atoms with Gasteiger partial charge in [-0.05, 0) is 79.5 Å². The Labute approximate surface area is 314 Å². The number of nitrogens with one attached hydrogen (secondary N) is 1. The molecule has 0 unspecified atom stereocenters. The van der Waals surface area contributed by atoms with Gasteiger partial charge >= 0.3 is 0 Å². The average Bonchev–Trinajstić information content (AvgIpc) is 3.63. The number of benzene rings is 2. The van der Waals surface area contributed by atoms with E-state index < -0.39 is 82.7 Å². The largest absolute Gasteiger partial charge is 0.390 e. The smallest absolute Gasteiger partial charge is 0.227 e. The highest BCUT2D eigenvalue weighted by atomic mass is 19.1. The van der Waals surface area contributed by atoms with Crippen molar-refractivity contribution < 1.29 is 47.6 Å². The van der Waals surface area contributed by atoms with Crippen molar-refractivity contribution in [1.29, 1.82) is 0 Å². The van der Waals surface area contributed by atoms with E-state index in [2.05, 4.69) is 5.32 Å². The molecule has 7 rings (SSSR count). The number of alkyl halides is 2. The zero-order valence-corrected chi connectivity index (χ0v) is 31.3. The molecule has 3 N–H and O–H groups in total. The molecule has 3 saturated carbocycles. The van der Waals surface area contributed by atoms with Gasteiger partial charge in [0.25, 0.3) is 0 Å². The molecule has 2 aromatic rings. The molecule has 288 valence electrons. The van der Waals surface area contributed by atoms with Crippen molar-refractivity contribution in [3.05, 3.63) is 89.0 Å². The van der Waals surface area contributed by atoms with Crippen LogP contribution in [-0.2, 0) is 35.1 Å². The van der Waals surface area contributed by atoms with Crippen LogP contribution in [-0.4, -0.2) is 69.7 Å². The summed E-state index contributed by atoms with van der Waals surface area (Å²) >= 11 is 0. The summed E-state index contributed by atoms with van der Waals surface area (Å²) in [4.78, 5) is 50.9. The van der Waals surface area contributed by atoms with Crippen LogP contribution in [0.3, 0.4) is 0 Å². The Bertz CT molecular complexity index is 1930. The zero-order chi connectivity index (χ0) is 39.0. The quantitative estimate of drug-likeness (QED) is 0.265. The normalized spacial score (nSPS) is 37.1. The van der Waals surface area contributed by atoms with E-state index in [4.69, 9.17) is 9.47 Å². The van der Waals surface area contributed by atoms with Crippen molar-refractivity contribution in [3.8, 4) is 0 Å². The molecule has 4 aliphatic carbocycles. The first-order valence-electron chi connectivity index (χ1n) is 18.9. The Balaban J connectivity index is 1.09. The van der Waals surface area contributed by atoms with Gasteiger partial charge in [0, 0.05) is 46.3 Å². The molecule has 1 heterocycles. The van der Waals surface area contributed by atoms with Crippen molar-refractivity contribution in [2.45, 2.75) is 103 Å². The van der Waals surface area contributed by atoms with Crippen LogP contribution in [0.25, 0.3) is 0 Å². The fraction of sp³-hybridized carbons (Fsp3) is 0.535. The van der Waals surface area contributed by atoms with E-state index in [0.717, 1.165) is 17.2 Å². The minimum Gasteiger partial charge on any atom is -0.390 e. The van der Waals surface area contributed by atoms with Gasteiger partial charge in [-0.1, -0.05) is 70.2 Å². The minimum absolute atomic E-state index is 0.0205. The summed E-state index contributed by atoms with van der Waals surface area (Å²) < 4.78 is 46.6. The minimum atomic E-state index is -2.32. The topological polar surface area (TPSA) is 139 Å². The van der Waals surface area contributed by atoms with Gasteiger partial charge in [-0.3, -0.25) is 19.2 Å². The Morgan fingerprint density at radius 2 is 1.74 bits per heavy atom. The third-order valence-corrected chi connectivity index (χ3v) is 13.4. The average molecular weight is 746 g/mol. The number of ketones is 3. The molecule has 11 heteroatoms. The van der Waals surface area contributed by atoms with Gasteiger partial charge in [-0.15, -0.1) is 0 Å². The van der Waals surface area contributed by atoms with Crippen LogP contribution in [0.2, 0.25) is 0 Å². The fourth-order valence-electron chi connectivity index (χ4n) is 10.4. The van der Waals surface area contributed by atoms with Gasteiger partial charge in [0.15, 0.2) is 29.1 Å². The van der Waals surface area contributed by atoms with Gasteiger partial charge in [0.2, 0.25) is 5.91 Å². The highest BCUT2D eigenvalue weighted by Crippen LogP contribution is 2.72. The first-order valence-corrected chi connectivity index (χ1v) is 18.9. The van der Waals surface area contributed by atoms with E-state index in [1.807, 2.05) is 56.3 Å². The lowest BCUT2D eigenvalue weighted by molar-refractivity contribution is -0.235. The maximum atomic E-state index is 17.7. The number of Topliss-reactive ketones (excluding diaryl/α,β-unsaturated/α-hetero) is 2. The molecule has 11 atom stereocenters. The van der Waals surface area contributed by atoms with E-state index >= 15 is 8.78 Å². The number of rotatable bonds is 10. The highest BCUT2D eigenvalue weighted by molar-refractivity contribution is 6.01. The molecule has 4 fully saturated rings. The van der Waals surface area contributed by atoms with Gasteiger partial charge in [-0.25, -0.2) is 8.78 Å². The first kappa shape index (κ1) is 38.4. The molecule has 2 aromatic carbocycles. The Morgan fingerprint density at radius 1 is 1.02 bits per heavy atom. The highest BCUT2D eigenvalue weighted by Gasteiger charge is 2.80. The van der Waals surface area contributed by atoms with Crippen LogP contribution in [0.1, 0.15) is 83.3 Å². The molecule has 0 spiro atoms. The van der Waals surface area contributed by atoms with Gasteiger partial charge in [0.1, 0.15) is 18.6 Å². The van der Waals surface area contributed by atoms with Crippen LogP contribution in [0.4, 0.5) is 14.5 Å². The number of halogens is 2. The number of hydrogen-bond acceptors (Lipinski definition) is 8. The first-order chi connectivity index (χ1) is 25.5. The van der Waals surface area contributed by atoms with Gasteiger partial charge in [0.05, 0.1) is 12.2 Å². The molecule has 1 saturated heterocycles. The van der Waals surface area contributed by atoms with Crippen molar-refractivity contribution in [3.63, 3.8) is 0 Å². The number of carbonyl (C=O) groups is 4. The van der Waals surface area contributed by atoms with E-state index in [9.17, 15) is 29.4 Å². The fourth-order valence-corrected chi connectivity index (χ4v) is 10.4. The second-order valence-electron chi connectivity index (χ2n) is 16.8. The number of hydrogen-bond donors (Lipinski definition) is 3. The molecule has 54 heavy (non-hydrogen) atoms. The van der Waals surface area contributed by atoms with Gasteiger partial charge in [-0.2, -0.15) is 0 Å². The Kier molecular flexibility index (Phi) is 9.73. The second-order valence-corrected chi connectivity index (χ2v) is 16.8. The number of aliphatic hydroxyl groups is 2. The molecule has 5 aliphatic rings. The summed E-state index contributed by atoms with van der Waals surface area (Å²) in [6, 6.07) is 15.0. The molecule has 1 aliphatic heterocycles. The van der Waals surface area contributed by atoms with Crippen molar-refractivity contribution >= 4 is 28.9 Å². The van der Waals surface area contributed by atoms with Crippen molar-refractivity contribution in [2.24, 2.45) is 34.5 Å². The lowest BCUT2D eigenvalue weighted by Crippen LogP contribution is -2.70. The summed E-state index contributed by atoms with van der Waals surface area (Å²) in [5.74, 6) is -3.49. The molecule has 0 radical (unpaired) electrons. The van der Waals surface area contributed by atoms with E-state index in [1.54, 1.807) is 19.9 Å². The van der Waals surface area contributed by atoms with Gasteiger partial charge < -0.3 is 25.0 Å². The molecule has 9 nitrogen and oxygen atoms in total. The number of anilines is 1. The Hall–Kier alpha value is -3.90. The van der Waals surface area contributed by atoms with Crippen LogP contribution < -0.4 is 5.32 Å². The number of amides is 1. The number of carbonyl (C=O) groups excluding carboxylic acids is 4. The SMILES string of the molecule is CC(C)C(=O)C[C@@H](C)C(=O)Nc1cccc(Cc2ccc([C@@H]3O[C@@H]4C[C@H]5[C@@H]6C[C@H](F)C7=CC(=O)C=C[C@]7(C)[C@@]6(F)[C@@H](O)C[C@]5(C)[C@]4(C(=O)CO)O3)cc2)c1. The molecule has 0 aromatic heterocycles. The van der Waals surface area contributed by atoms with E-state index in [1.165, 1.54) is 19.1 Å². The predicted molar refractivity (Wildman–Crippen MR) is 195 cm³/mol. The third kappa shape index (κ3) is 5.76. The summed E-state index contributed by atoms with van der Waals surface area (Å²) in [6.45, 7) is 7.80. The number of allylic oxidation sites excluding steroid dienone is 4. The monoisotopic (exact) mass is 745 g/mol. The summed E-state index contributed by atoms with van der Waals surface area (Å²) in [5, 5.41) is 24.9. The van der Waals surface area contributed by atoms with E-state index in [0.29, 0.717) is 17.7 Å². The summed E-state index contributed by atoms with van der Waals surface area (Å²) in [6.07, 6.45) is -0.973. The van der Waals surface area contributed by atoms with Crippen molar-refractivity contribution in [2.75, 3.05) is 11.9 Å². The lowest BCUT2D eigenvalue weighted by Gasteiger charge is -2.63. The van der Waals surface area contributed by atoms with E-state index in [-0.39, 0.29) is 48.9 Å². The Morgan fingerprint density at radius 3 is 2.43 bits per heavy atom. The molecular weight excluding hydrogens is 696 g/mol. The standard InChI is InChI=1S/C43H49F2NO8/c1-23(2)34(49)15-24(3)38(52)46-28-8-6-7-26(17-28)16-25-9-11-27(12-10-25)39-53-37-20-30-31-19-33(44)32-18-29(48)13-14-40(32,4)42(31,45)35(50)21-41(30,5)43(37,54-39)36(51)22-47/h6-14,17-18,23-24,30-31,33,35,37,39,47,50H,15-16,19-22H2,1-5H3,(H,46,52)/t24-,30+,31+,33+,35+,37-,39-,40+,41+,42+,43-/m1/s1. The number of fused-ring (bicyclic) bond motifs is 7. The van der Waals surface area contributed by atoms with Crippen LogP contribution >= 0.6 is 0 Å². The zero-order valence-electron chi connectivity index (χ0n) is 31.3. The second kappa shape index (κ2) is 13.7. The summed E-state index contributed by atoms with van der Waals surface area (Å²) in [5.41, 5.74) is -3.63.